The van der Waals surface area contributed by atoms with Gasteiger partial charge in [-0.1, -0.05) is 65.2 Å². The molecule has 0 aromatic heterocycles. The van der Waals surface area contributed by atoms with Crippen molar-refractivity contribution in [3.8, 4) is 0 Å². The van der Waals surface area contributed by atoms with Crippen molar-refractivity contribution in [1.82, 2.24) is 25.8 Å². The van der Waals surface area contributed by atoms with Crippen LogP contribution in [0.4, 0.5) is 9.59 Å². The monoisotopic (exact) mass is 681 g/mol. The van der Waals surface area contributed by atoms with E-state index in [1.807, 2.05) is 19.1 Å². The number of aryl methyl sites for hydroxylation is 1. The molecule has 1 saturated heterocycles. The van der Waals surface area contributed by atoms with Crippen LogP contribution in [0.1, 0.15) is 102 Å². The van der Waals surface area contributed by atoms with Crippen LogP contribution in [0.2, 0.25) is 0 Å². The van der Waals surface area contributed by atoms with E-state index in [4.69, 9.17) is 9.47 Å². The number of alkyl carbamates (subject to hydrolysis) is 1. The summed E-state index contributed by atoms with van der Waals surface area (Å²) in [5.74, 6) is -2.66. The number of Topliss-reactive ketones (excluding diaryl/α,β-unsaturated/α-hetero) is 1. The van der Waals surface area contributed by atoms with E-state index in [-0.39, 0.29) is 32.0 Å². The molecule has 1 aromatic carbocycles. The number of hydrogen-bond donors (Lipinski definition) is 3. The number of cyclic esters (lactones) is 1. The largest absolute Gasteiger partial charge is 0.450 e. The Morgan fingerprint density at radius 2 is 1.76 bits per heavy atom. The van der Waals surface area contributed by atoms with Crippen molar-refractivity contribution in [3.05, 3.63) is 34.9 Å². The zero-order valence-corrected chi connectivity index (χ0v) is 29.2. The number of benzene rings is 1. The van der Waals surface area contributed by atoms with Crippen LogP contribution >= 0.6 is 0 Å². The number of carbonyl (C=O) groups is 6. The molecule has 0 radical (unpaired) electrons. The van der Waals surface area contributed by atoms with Gasteiger partial charge in [-0.25, -0.2) is 9.59 Å². The van der Waals surface area contributed by atoms with Gasteiger partial charge < -0.3 is 30.3 Å². The highest BCUT2D eigenvalue weighted by atomic mass is 16.6. The summed E-state index contributed by atoms with van der Waals surface area (Å²) < 4.78 is 11.4. The molecule has 13 heteroatoms. The first-order chi connectivity index (χ1) is 23.3. The number of nitrogens with one attached hydrogen (secondary N) is 3. The smallest absolute Gasteiger partial charge is 0.410 e. The summed E-state index contributed by atoms with van der Waals surface area (Å²) in [6.45, 7) is 8.17. The number of ketones is 1. The van der Waals surface area contributed by atoms with Gasteiger partial charge in [-0.05, 0) is 60.6 Å². The van der Waals surface area contributed by atoms with Crippen molar-refractivity contribution >= 4 is 35.7 Å². The fourth-order valence-corrected chi connectivity index (χ4v) is 6.82. The van der Waals surface area contributed by atoms with E-state index in [0.29, 0.717) is 25.9 Å². The fourth-order valence-electron chi connectivity index (χ4n) is 6.82. The maximum absolute atomic E-state index is 14.3. The molecule has 3 N–H and O–H groups in total. The molecule has 3 heterocycles. The van der Waals surface area contributed by atoms with Crippen molar-refractivity contribution < 1.29 is 38.2 Å². The molecule has 1 saturated carbocycles. The van der Waals surface area contributed by atoms with Crippen molar-refractivity contribution in [2.24, 2.45) is 5.41 Å². The van der Waals surface area contributed by atoms with Gasteiger partial charge >= 0.3 is 12.2 Å². The maximum atomic E-state index is 14.3. The van der Waals surface area contributed by atoms with Crippen LogP contribution in [0.5, 0.6) is 0 Å². The molecular formula is C36H51N5O8. The summed E-state index contributed by atoms with van der Waals surface area (Å²) in [5.41, 5.74) is 2.62. The maximum Gasteiger partial charge on any atom is 0.410 e. The van der Waals surface area contributed by atoms with Crippen LogP contribution in [-0.4, -0.2) is 88.9 Å². The Morgan fingerprint density at radius 3 is 2.47 bits per heavy atom. The third kappa shape index (κ3) is 9.10. The van der Waals surface area contributed by atoms with Gasteiger partial charge in [-0.3, -0.25) is 24.1 Å². The van der Waals surface area contributed by atoms with E-state index in [9.17, 15) is 28.8 Å². The molecule has 1 aliphatic carbocycles. The second kappa shape index (κ2) is 15.6. The van der Waals surface area contributed by atoms with Gasteiger partial charge in [0.2, 0.25) is 17.6 Å². The second-order valence-corrected chi connectivity index (χ2v) is 14.9. The van der Waals surface area contributed by atoms with Crippen molar-refractivity contribution in [1.29, 1.82) is 0 Å². The summed E-state index contributed by atoms with van der Waals surface area (Å²) in [6.07, 6.45) is 4.61. The molecule has 5 rings (SSSR count). The van der Waals surface area contributed by atoms with Crippen LogP contribution in [0.3, 0.4) is 0 Å². The molecule has 3 aliphatic heterocycles. The number of nitrogens with zero attached hydrogens (tertiary/aromatic N) is 2. The molecule has 13 nitrogen and oxygen atoms in total. The summed E-state index contributed by atoms with van der Waals surface area (Å²) in [6, 6.07) is 2.82. The standard InChI is InChI=1S/C36H51N5O8/c1-5-11-27(29(42)32(44)37-24-15-16-24)38-31(43)28-18-25-20-41(28)33(45)30(36(2,3)4)39-34(46)48-17-9-7-6-8-12-22-13-10-14-23-19-40(21-26(22)23)35(47)49-25/h10,13-14,24-25,27-28,30H,5-9,11-12,15-21H2,1-4H3,(H,37,44)(H,38,43)(H,39,46)/t25-,27+,28+,30-/m1/s1. The number of hydrogen-bond acceptors (Lipinski definition) is 8. The number of amides is 5. The Hall–Kier alpha value is -4.16. The summed E-state index contributed by atoms with van der Waals surface area (Å²) in [4.78, 5) is 83.3. The van der Waals surface area contributed by atoms with Gasteiger partial charge in [0.15, 0.2) is 0 Å². The predicted octanol–water partition coefficient (Wildman–Crippen LogP) is 3.50. The third-order valence-electron chi connectivity index (χ3n) is 9.75. The molecule has 4 bridgehead atoms. The van der Waals surface area contributed by atoms with Crippen molar-refractivity contribution in [2.75, 3.05) is 13.2 Å². The first-order valence-electron chi connectivity index (χ1n) is 17.8. The molecular weight excluding hydrogens is 630 g/mol. The number of rotatable bonds is 7. The Morgan fingerprint density at radius 1 is 1.02 bits per heavy atom. The lowest BCUT2D eigenvalue weighted by Gasteiger charge is -2.35. The molecule has 4 atom stereocenters. The van der Waals surface area contributed by atoms with E-state index in [1.54, 1.807) is 25.7 Å². The topological polar surface area (TPSA) is 163 Å². The van der Waals surface area contributed by atoms with Crippen LogP contribution in [0.25, 0.3) is 0 Å². The highest BCUT2D eigenvalue weighted by Crippen LogP contribution is 2.31. The molecule has 4 aliphatic rings. The SMILES string of the molecule is CCC[C@H](NC(=O)[C@@H]1C[C@@H]2CN1C(=O)[C@H](C(C)(C)C)NC(=O)OCCCCCCc1cccc3c1CN(C3)C(=O)O2)C(=O)C(=O)NC1CC1. The minimum Gasteiger partial charge on any atom is -0.450 e. The molecule has 0 unspecified atom stereocenters. The lowest BCUT2D eigenvalue weighted by atomic mass is 9.85. The lowest BCUT2D eigenvalue weighted by Crippen LogP contribution is -2.59. The number of fused-ring (bicyclic) bond motifs is 3. The van der Waals surface area contributed by atoms with E-state index in [0.717, 1.165) is 49.7 Å². The quantitative estimate of drug-likeness (QED) is 0.369. The Bertz CT molecular complexity index is 1440. The Kier molecular flexibility index (Phi) is 11.5. The van der Waals surface area contributed by atoms with Gasteiger partial charge in [0.25, 0.3) is 5.91 Å². The number of carbonyl (C=O) groups excluding carboxylic acids is 6. The third-order valence-corrected chi connectivity index (χ3v) is 9.75. The fraction of sp³-hybridized carbons (Fsp3) is 0.667. The van der Waals surface area contributed by atoms with Crippen LogP contribution in [0, 0.1) is 5.41 Å². The first-order valence-corrected chi connectivity index (χ1v) is 17.8. The molecule has 49 heavy (non-hydrogen) atoms. The average molecular weight is 682 g/mol. The zero-order chi connectivity index (χ0) is 35.3. The van der Waals surface area contributed by atoms with E-state index in [1.165, 1.54) is 10.5 Å². The first kappa shape index (κ1) is 36.1. The summed E-state index contributed by atoms with van der Waals surface area (Å²) in [5, 5.41) is 8.13. The van der Waals surface area contributed by atoms with Crippen molar-refractivity contribution in [2.45, 2.75) is 135 Å². The molecule has 0 spiro atoms. The van der Waals surface area contributed by atoms with Crippen LogP contribution in [-0.2, 0) is 48.2 Å². The predicted molar refractivity (Wildman–Crippen MR) is 179 cm³/mol. The van der Waals surface area contributed by atoms with E-state index < -0.39 is 65.3 Å². The molecule has 268 valence electrons. The van der Waals surface area contributed by atoms with Gasteiger partial charge in [0.1, 0.15) is 18.2 Å². The minimum atomic E-state index is -1.12. The zero-order valence-electron chi connectivity index (χ0n) is 29.2. The molecule has 1 aromatic rings. The van der Waals surface area contributed by atoms with Gasteiger partial charge in [0.05, 0.1) is 19.2 Å². The van der Waals surface area contributed by atoms with Crippen LogP contribution in [0.15, 0.2) is 18.2 Å². The normalized spacial score (nSPS) is 24.3. The van der Waals surface area contributed by atoms with Gasteiger partial charge in [0, 0.05) is 25.6 Å². The average Bonchev–Trinajstić information content (AvgIpc) is 3.58. The number of ether oxygens (including phenoxy) is 2. The highest BCUT2D eigenvalue weighted by molar-refractivity contribution is 6.38. The summed E-state index contributed by atoms with van der Waals surface area (Å²) >= 11 is 0. The molecule has 5 amide bonds. The minimum absolute atomic E-state index is 0.0159. The van der Waals surface area contributed by atoms with E-state index >= 15 is 0 Å². The lowest BCUT2D eigenvalue weighted by molar-refractivity contribution is -0.144. The van der Waals surface area contributed by atoms with Gasteiger partial charge in [-0.2, -0.15) is 0 Å². The summed E-state index contributed by atoms with van der Waals surface area (Å²) in [7, 11) is 0. The Balaban J connectivity index is 1.39. The van der Waals surface area contributed by atoms with Crippen molar-refractivity contribution in [3.63, 3.8) is 0 Å². The van der Waals surface area contributed by atoms with Crippen LogP contribution < -0.4 is 16.0 Å². The van der Waals surface area contributed by atoms with E-state index in [2.05, 4.69) is 22.0 Å². The Labute approximate surface area is 288 Å². The van der Waals surface area contributed by atoms with Gasteiger partial charge in [-0.15, -0.1) is 0 Å². The molecule has 2 fully saturated rings. The second-order valence-electron chi connectivity index (χ2n) is 14.9. The highest BCUT2D eigenvalue weighted by Gasteiger charge is 2.47.